The highest BCUT2D eigenvalue weighted by atomic mass is 32.1. The molecule has 0 bridgehead atoms. The molecule has 1 aromatic heterocycles. The summed E-state index contributed by atoms with van der Waals surface area (Å²) in [5, 5.41) is 10.3. The lowest BCUT2D eigenvalue weighted by Crippen LogP contribution is -2.51. The summed E-state index contributed by atoms with van der Waals surface area (Å²) in [4.78, 5) is 29.2. The van der Waals surface area contributed by atoms with Crippen LogP contribution in [0.3, 0.4) is 0 Å². The minimum absolute atomic E-state index is 0.0109. The van der Waals surface area contributed by atoms with E-state index in [9.17, 15) is 9.59 Å². The molecule has 1 aromatic carbocycles. The molecule has 2 atom stereocenters. The van der Waals surface area contributed by atoms with Crippen LogP contribution in [0.4, 0.5) is 0 Å². The van der Waals surface area contributed by atoms with Crippen LogP contribution in [0.5, 0.6) is 0 Å². The molecule has 6 nitrogen and oxygen atoms in total. The third kappa shape index (κ3) is 6.00. The van der Waals surface area contributed by atoms with Crippen LogP contribution in [0.2, 0.25) is 0 Å². The first-order valence-corrected chi connectivity index (χ1v) is 11.5. The highest BCUT2D eigenvalue weighted by Crippen LogP contribution is 2.27. The van der Waals surface area contributed by atoms with Crippen molar-refractivity contribution in [2.45, 2.75) is 70.9 Å². The van der Waals surface area contributed by atoms with Gasteiger partial charge >= 0.3 is 0 Å². The van der Waals surface area contributed by atoms with Crippen molar-refractivity contribution in [3.63, 3.8) is 0 Å². The highest BCUT2D eigenvalue weighted by Gasteiger charge is 2.22. The van der Waals surface area contributed by atoms with E-state index in [1.165, 1.54) is 10.3 Å². The molecule has 3 N–H and O–H groups in total. The van der Waals surface area contributed by atoms with E-state index in [1.807, 2.05) is 6.92 Å². The van der Waals surface area contributed by atoms with Crippen LogP contribution >= 0.6 is 11.3 Å². The Morgan fingerprint density at radius 1 is 1.31 bits per heavy atom. The predicted octanol–water partition coefficient (Wildman–Crippen LogP) is 3.12. The minimum atomic E-state index is -0.167. The van der Waals surface area contributed by atoms with E-state index < -0.39 is 0 Å². The number of fused-ring (bicyclic) bond motifs is 1. The molecule has 1 aliphatic rings. The van der Waals surface area contributed by atoms with Crippen LogP contribution in [0.25, 0.3) is 10.2 Å². The quantitative estimate of drug-likeness (QED) is 0.617. The Balaban J connectivity index is 1.67. The Kier molecular flexibility index (Phi) is 7.61. The van der Waals surface area contributed by atoms with Crippen molar-refractivity contribution in [1.82, 2.24) is 20.9 Å². The maximum absolute atomic E-state index is 12.5. The maximum Gasteiger partial charge on any atom is 0.237 e. The smallest absolute Gasteiger partial charge is 0.237 e. The summed E-state index contributed by atoms with van der Waals surface area (Å²) >= 11 is 1.67. The molecular weight excluding hydrogens is 384 g/mol. The summed E-state index contributed by atoms with van der Waals surface area (Å²) in [6.45, 7) is 7.50. The zero-order valence-electron chi connectivity index (χ0n) is 17.6. The summed E-state index contributed by atoms with van der Waals surface area (Å²) in [6, 6.07) is 6.12. The Morgan fingerprint density at radius 3 is 2.83 bits per heavy atom. The van der Waals surface area contributed by atoms with Gasteiger partial charge in [0.2, 0.25) is 11.8 Å². The summed E-state index contributed by atoms with van der Waals surface area (Å²) in [5.41, 5.74) is 2.29. The minimum Gasteiger partial charge on any atom is -0.353 e. The van der Waals surface area contributed by atoms with Gasteiger partial charge in [-0.2, -0.15) is 0 Å². The number of carbonyl (C=O) groups excluding carboxylic acids is 2. The van der Waals surface area contributed by atoms with Crippen molar-refractivity contribution < 1.29 is 9.59 Å². The topological polar surface area (TPSA) is 83.1 Å². The van der Waals surface area contributed by atoms with Crippen molar-refractivity contribution >= 4 is 33.4 Å². The number of aromatic nitrogens is 1. The molecule has 2 heterocycles. The average molecular weight is 417 g/mol. The molecule has 0 spiro atoms. The fourth-order valence-electron chi connectivity index (χ4n) is 3.57. The number of nitrogens with one attached hydrogen (secondary N) is 3. The zero-order chi connectivity index (χ0) is 20.8. The zero-order valence-corrected chi connectivity index (χ0v) is 18.4. The molecule has 0 unspecified atom stereocenters. The second kappa shape index (κ2) is 10.2. The van der Waals surface area contributed by atoms with Gasteiger partial charge in [-0.3, -0.25) is 9.59 Å². The SMILES string of the molecule is CCC(=O)N[C@H](CNC(=O)[C@@H]1CCCCN1)Cc1nc2ccc(C(C)C)cc2s1. The molecule has 3 rings (SSSR count). The van der Waals surface area contributed by atoms with Crippen molar-refractivity contribution in [3.05, 3.63) is 28.8 Å². The average Bonchev–Trinajstić information content (AvgIpc) is 3.13. The molecule has 1 saturated heterocycles. The van der Waals surface area contributed by atoms with Crippen LogP contribution in [-0.2, 0) is 16.0 Å². The molecular formula is C22H32N4O2S. The lowest BCUT2D eigenvalue weighted by Gasteiger charge is -2.24. The highest BCUT2D eigenvalue weighted by molar-refractivity contribution is 7.18. The number of carbonyl (C=O) groups is 2. The van der Waals surface area contributed by atoms with Crippen LogP contribution in [0.15, 0.2) is 18.2 Å². The Morgan fingerprint density at radius 2 is 2.14 bits per heavy atom. The van der Waals surface area contributed by atoms with E-state index in [-0.39, 0.29) is 23.9 Å². The van der Waals surface area contributed by atoms with E-state index in [2.05, 4.69) is 48.0 Å². The van der Waals surface area contributed by atoms with Crippen molar-refractivity contribution in [2.24, 2.45) is 0 Å². The summed E-state index contributed by atoms with van der Waals surface area (Å²) in [6.07, 6.45) is 4.10. The number of nitrogens with zero attached hydrogens (tertiary/aromatic N) is 1. The van der Waals surface area contributed by atoms with Gasteiger partial charge in [0, 0.05) is 19.4 Å². The Labute approximate surface area is 176 Å². The van der Waals surface area contributed by atoms with Gasteiger partial charge in [0.25, 0.3) is 0 Å². The molecule has 1 aliphatic heterocycles. The fraction of sp³-hybridized carbons (Fsp3) is 0.591. The molecule has 0 saturated carbocycles. The number of piperidine rings is 1. The Bertz CT molecular complexity index is 842. The standard InChI is InChI=1S/C22H32N4O2S/c1-4-20(27)25-16(13-24-22(28)18-7-5-6-10-23-18)12-21-26-17-9-8-15(14(2)3)11-19(17)29-21/h8-9,11,14,16,18,23H,4-7,10,12-13H2,1-3H3,(H,24,28)(H,25,27)/t16-,18-/m0/s1. The number of amides is 2. The normalized spacial score (nSPS) is 18.0. The lowest BCUT2D eigenvalue weighted by molar-refractivity contribution is -0.125. The number of benzene rings is 1. The molecule has 2 aromatic rings. The second-order valence-electron chi connectivity index (χ2n) is 8.06. The van der Waals surface area contributed by atoms with Crippen LogP contribution in [0, 0.1) is 0 Å². The first-order valence-electron chi connectivity index (χ1n) is 10.7. The second-order valence-corrected chi connectivity index (χ2v) is 9.17. The van der Waals surface area contributed by atoms with Gasteiger partial charge in [0.15, 0.2) is 0 Å². The van der Waals surface area contributed by atoms with Gasteiger partial charge < -0.3 is 16.0 Å². The van der Waals surface area contributed by atoms with Gasteiger partial charge in [-0.25, -0.2) is 4.98 Å². The number of hydrogen-bond donors (Lipinski definition) is 3. The first-order chi connectivity index (χ1) is 14.0. The van der Waals surface area contributed by atoms with Crippen molar-refractivity contribution in [2.75, 3.05) is 13.1 Å². The molecule has 2 amide bonds. The molecule has 1 fully saturated rings. The van der Waals surface area contributed by atoms with Gasteiger partial charge in [-0.15, -0.1) is 11.3 Å². The van der Waals surface area contributed by atoms with Crippen molar-refractivity contribution in [3.8, 4) is 0 Å². The van der Waals surface area contributed by atoms with Crippen molar-refractivity contribution in [1.29, 1.82) is 0 Å². The third-order valence-electron chi connectivity index (χ3n) is 5.38. The molecule has 29 heavy (non-hydrogen) atoms. The number of rotatable bonds is 8. The number of thiazole rings is 1. The van der Waals surface area contributed by atoms with Gasteiger partial charge in [0.05, 0.1) is 27.3 Å². The van der Waals surface area contributed by atoms with E-state index >= 15 is 0 Å². The summed E-state index contributed by atoms with van der Waals surface area (Å²) in [7, 11) is 0. The van der Waals surface area contributed by atoms with Crippen LogP contribution in [-0.4, -0.2) is 42.0 Å². The molecule has 7 heteroatoms. The van der Waals surface area contributed by atoms with E-state index in [1.54, 1.807) is 11.3 Å². The summed E-state index contributed by atoms with van der Waals surface area (Å²) in [5.74, 6) is 0.486. The fourth-order valence-corrected chi connectivity index (χ4v) is 4.67. The molecule has 158 valence electrons. The van der Waals surface area contributed by atoms with Crippen LogP contribution in [0.1, 0.15) is 62.9 Å². The Hall–Kier alpha value is -1.99. The molecule has 0 aliphatic carbocycles. The predicted molar refractivity (Wildman–Crippen MR) is 118 cm³/mol. The van der Waals surface area contributed by atoms with E-state index in [4.69, 9.17) is 4.98 Å². The van der Waals surface area contributed by atoms with Gasteiger partial charge in [-0.1, -0.05) is 33.3 Å². The van der Waals surface area contributed by atoms with Crippen LogP contribution < -0.4 is 16.0 Å². The maximum atomic E-state index is 12.5. The van der Waals surface area contributed by atoms with Gasteiger partial charge in [0.1, 0.15) is 0 Å². The van der Waals surface area contributed by atoms with E-state index in [0.29, 0.717) is 25.3 Å². The number of hydrogen-bond acceptors (Lipinski definition) is 5. The lowest BCUT2D eigenvalue weighted by atomic mass is 10.0. The molecule has 0 radical (unpaired) electrons. The largest absolute Gasteiger partial charge is 0.353 e. The third-order valence-corrected chi connectivity index (χ3v) is 6.42. The monoisotopic (exact) mass is 416 g/mol. The summed E-state index contributed by atoms with van der Waals surface area (Å²) < 4.78 is 1.17. The van der Waals surface area contributed by atoms with Gasteiger partial charge in [-0.05, 0) is 43.0 Å². The van der Waals surface area contributed by atoms with E-state index in [0.717, 1.165) is 36.3 Å². The first kappa shape index (κ1) is 21.7.